The molecule has 0 unspecified atom stereocenters. The van der Waals surface area contributed by atoms with Gasteiger partial charge in [-0.15, -0.1) is 0 Å². The zero-order valence-electron chi connectivity index (χ0n) is 12.9. The number of benzene rings is 1. The Kier molecular flexibility index (Phi) is 4.48. The summed E-state index contributed by atoms with van der Waals surface area (Å²) in [5.74, 6) is 0.479. The number of anilines is 2. The molecule has 0 bridgehead atoms. The van der Waals surface area contributed by atoms with Gasteiger partial charge in [0.05, 0.1) is 5.69 Å². The number of hydrogen-bond acceptors (Lipinski definition) is 4. The third-order valence-corrected chi connectivity index (χ3v) is 3.76. The van der Waals surface area contributed by atoms with Crippen LogP contribution < -0.4 is 10.7 Å². The number of nitrogens with two attached hydrogens (primary N) is 1. The fourth-order valence-corrected chi connectivity index (χ4v) is 2.71. The summed E-state index contributed by atoms with van der Waals surface area (Å²) < 4.78 is 1.95. The fraction of sp³-hybridized carbons (Fsp3) is 0.176. The summed E-state index contributed by atoms with van der Waals surface area (Å²) >= 11 is 6.14. The van der Waals surface area contributed by atoms with Crippen molar-refractivity contribution in [2.24, 2.45) is 0 Å². The second kappa shape index (κ2) is 6.71. The van der Waals surface area contributed by atoms with Gasteiger partial charge in [0, 0.05) is 41.8 Å². The van der Waals surface area contributed by atoms with Crippen LogP contribution in [0.5, 0.6) is 0 Å². The van der Waals surface area contributed by atoms with E-state index in [-0.39, 0.29) is 0 Å². The van der Waals surface area contributed by atoms with Crippen molar-refractivity contribution in [2.45, 2.75) is 13.3 Å². The summed E-state index contributed by atoms with van der Waals surface area (Å²) in [5, 5.41) is 2.82. The molecule has 3 aromatic rings. The molecule has 23 heavy (non-hydrogen) atoms. The summed E-state index contributed by atoms with van der Waals surface area (Å²) in [6.45, 7) is 2.96. The van der Waals surface area contributed by atoms with Crippen LogP contribution in [-0.2, 0) is 0 Å². The van der Waals surface area contributed by atoms with E-state index in [1.165, 1.54) is 0 Å². The standard InChI is InChI=1S/C17H18ClN5/c1-2-7-23(22-8-6-20-12-22)16-10-17(19)21-11-15(16)13-4-3-5-14(18)9-13/h3-6,8-12H,2,7H2,1H3,(H2,19,21). The Bertz CT molecular complexity index is 785. The number of nitrogens with zero attached hydrogens (tertiary/aromatic N) is 4. The van der Waals surface area contributed by atoms with E-state index in [0.717, 1.165) is 29.8 Å². The van der Waals surface area contributed by atoms with E-state index in [9.17, 15) is 0 Å². The Morgan fingerprint density at radius 2 is 2.17 bits per heavy atom. The van der Waals surface area contributed by atoms with Crippen LogP contribution in [0.4, 0.5) is 11.5 Å². The summed E-state index contributed by atoms with van der Waals surface area (Å²) in [6, 6.07) is 9.61. The lowest BCUT2D eigenvalue weighted by Crippen LogP contribution is -2.29. The molecular weight excluding hydrogens is 310 g/mol. The maximum atomic E-state index is 6.14. The molecule has 1 aromatic carbocycles. The van der Waals surface area contributed by atoms with Gasteiger partial charge in [0.15, 0.2) is 0 Å². The minimum Gasteiger partial charge on any atom is -0.384 e. The maximum Gasteiger partial charge on any atom is 0.125 e. The van der Waals surface area contributed by atoms with E-state index in [1.807, 2.05) is 41.2 Å². The smallest absolute Gasteiger partial charge is 0.125 e. The first-order chi connectivity index (χ1) is 11.2. The average molecular weight is 328 g/mol. The van der Waals surface area contributed by atoms with Gasteiger partial charge in [0.25, 0.3) is 0 Å². The Morgan fingerprint density at radius 1 is 1.30 bits per heavy atom. The van der Waals surface area contributed by atoms with Gasteiger partial charge in [-0.05, 0) is 24.1 Å². The summed E-state index contributed by atoms with van der Waals surface area (Å²) in [7, 11) is 0. The number of aromatic nitrogens is 3. The van der Waals surface area contributed by atoms with Gasteiger partial charge in [0.1, 0.15) is 12.1 Å². The highest BCUT2D eigenvalue weighted by Crippen LogP contribution is 2.33. The van der Waals surface area contributed by atoms with Gasteiger partial charge in [-0.25, -0.2) is 14.6 Å². The minimum atomic E-state index is 0.479. The van der Waals surface area contributed by atoms with Gasteiger partial charge in [-0.3, -0.25) is 5.01 Å². The van der Waals surface area contributed by atoms with Crippen molar-refractivity contribution >= 4 is 23.1 Å². The second-order valence-corrected chi connectivity index (χ2v) is 5.64. The van der Waals surface area contributed by atoms with Crippen LogP contribution in [0, 0.1) is 0 Å². The fourth-order valence-electron chi connectivity index (χ4n) is 2.52. The molecule has 0 fully saturated rings. The first kappa shape index (κ1) is 15.4. The second-order valence-electron chi connectivity index (χ2n) is 5.20. The highest BCUT2D eigenvalue weighted by atomic mass is 35.5. The lowest BCUT2D eigenvalue weighted by Gasteiger charge is -2.27. The lowest BCUT2D eigenvalue weighted by molar-refractivity contribution is 0.675. The van der Waals surface area contributed by atoms with Gasteiger partial charge >= 0.3 is 0 Å². The Morgan fingerprint density at radius 3 is 2.87 bits per heavy atom. The molecular formula is C17H18ClN5. The highest BCUT2D eigenvalue weighted by molar-refractivity contribution is 6.30. The monoisotopic (exact) mass is 327 g/mol. The average Bonchev–Trinajstić information content (AvgIpc) is 3.06. The normalized spacial score (nSPS) is 10.7. The molecule has 0 radical (unpaired) electrons. The van der Waals surface area contributed by atoms with E-state index in [2.05, 4.69) is 21.9 Å². The van der Waals surface area contributed by atoms with Crippen molar-refractivity contribution in [3.05, 3.63) is 60.3 Å². The van der Waals surface area contributed by atoms with Crippen molar-refractivity contribution in [1.82, 2.24) is 14.6 Å². The summed E-state index contributed by atoms with van der Waals surface area (Å²) in [4.78, 5) is 8.40. The largest absolute Gasteiger partial charge is 0.384 e. The molecule has 0 atom stereocenters. The predicted molar refractivity (Wildman–Crippen MR) is 94.4 cm³/mol. The zero-order chi connectivity index (χ0) is 16.2. The Hall–Kier alpha value is -2.53. The predicted octanol–water partition coefficient (Wildman–Crippen LogP) is 3.86. The molecule has 5 nitrogen and oxygen atoms in total. The molecule has 118 valence electrons. The van der Waals surface area contributed by atoms with Crippen molar-refractivity contribution < 1.29 is 0 Å². The van der Waals surface area contributed by atoms with Gasteiger partial charge in [-0.2, -0.15) is 0 Å². The van der Waals surface area contributed by atoms with Gasteiger partial charge < -0.3 is 5.73 Å². The van der Waals surface area contributed by atoms with Crippen molar-refractivity contribution in [1.29, 1.82) is 0 Å². The maximum absolute atomic E-state index is 6.14. The molecule has 0 aliphatic carbocycles. The molecule has 2 N–H and O–H groups in total. The van der Waals surface area contributed by atoms with Crippen LogP contribution in [0.15, 0.2) is 55.2 Å². The van der Waals surface area contributed by atoms with Gasteiger partial charge in [0.2, 0.25) is 0 Å². The minimum absolute atomic E-state index is 0.479. The van der Waals surface area contributed by atoms with E-state index in [4.69, 9.17) is 17.3 Å². The van der Waals surface area contributed by atoms with Crippen LogP contribution in [0.3, 0.4) is 0 Å². The molecule has 3 rings (SSSR count). The molecule has 0 saturated heterocycles. The van der Waals surface area contributed by atoms with Crippen LogP contribution in [-0.4, -0.2) is 21.2 Å². The molecule has 0 saturated carbocycles. The van der Waals surface area contributed by atoms with Crippen molar-refractivity contribution in [3.8, 4) is 11.1 Å². The van der Waals surface area contributed by atoms with Crippen LogP contribution in [0.25, 0.3) is 11.1 Å². The molecule has 2 heterocycles. The lowest BCUT2D eigenvalue weighted by atomic mass is 10.1. The third-order valence-electron chi connectivity index (χ3n) is 3.52. The van der Waals surface area contributed by atoms with E-state index in [0.29, 0.717) is 10.8 Å². The van der Waals surface area contributed by atoms with E-state index < -0.39 is 0 Å². The molecule has 0 aliphatic heterocycles. The summed E-state index contributed by atoms with van der Waals surface area (Å²) in [5.41, 5.74) is 8.88. The summed E-state index contributed by atoms with van der Waals surface area (Å²) in [6.07, 6.45) is 8.21. The number of hydrogen-bond donors (Lipinski definition) is 1. The molecule has 6 heteroatoms. The van der Waals surface area contributed by atoms with Crippen molar-refractivity contribution in [2.75, 3.05) is 17.3 Å². The van der Waals surface area contributed by atoms with E-state index in [1.54, 1.807) is 18.7 Å². The first-order valence-electron chi connectivity index (χ1n) is 7.46. The highest BCUT2D eigenvalue weighted by Gasteiger charge is 2.15. The number of imidazole rings is 1. The number of halogens is 1. The number of rotatable bonds is 5. The van der Waals surface area contributed by atoms with E-state index >= 15 is 0 Å². The number of nitrogen functional groups attached to an aromatic ring is 1. The third kappa shape index (κ3) is 3.29. The first-order valence-corrected chi connectivity index (χ1v) is 7.84. The molecule has 2 aromatic heterocycles. The Labute approximate surface area is 140 Å². The SMILES string of the molecule is CCCN(c1cc(N)ncc1-c1cccc(Cl)c1)n1ccnc1. The topological polar surface area (TPSA) is 60.0 Å². The molecule has 0 amide bonds. The quantitative estimate of drug-likeness (QED) is 0.773. The zero-order valence-corrected chi connectivity index (χ0v) is 13.6. The van der Waals surface area contributed by atoms with Crippen LogP contribution in [0.2, 0.25) is 5.02 Å². The Balaban J connectivity index is 2.15. The van der Waals surface area contributed by atoms with Crippen LogP contribution >= 0.6 is 11.6 Å². The molecule has 0 aliphatic rings. The van der Waals surface area contributed by atoms with Gasteiger partial charge in [-0.1, -0.05) is 30.7 Å². The van der Waals surface area contributed by atoms with Crippen molar-refractivity contribution in [3.63, 3.8) is 0 Å². The molecule has 0 spiro atoms. The van der Waals surface area contributed by atoms with Crippen LogP contribution in [0.1, 0.15) is 13.3 Å². The number of pyridine rings is 1.